The van der Waals surface area contributed by atoms with Gasteiger partial charge in [-0.3, -0.25) is 5.01 Å². The molecule has 0 fully saturated rings. The molecule has 1 heterocycles. The zero-order chi connectivity index (χ0) is 18.1. The second-order valence-electron chi connectivity index (χ2n) is 4.70. The summed E-state index contributed by atoms with van der Waals surface area (Å²) in [6.07, 6.45) is 2.77. The average Bonchev–Trinajstić information content (AvgIpc) is 2.54. The Morgan fingerprint density at radius 2 is 2.29 bits per heavy atom. The van der Waals surface area contributed by atoms with Gasteiger partial charge in [-0.05, 0) is 13.8 Å². The van der Waals surface area contributed by atoms with Crippen LogP contribution in [-0.2, 0) is 4.74 Å². The molecule has 0 aliphatic carbocycles. The van der Waals surface area contributed by atoms with Crippen LogP contribution in [0.3, 0.4) is 0 Å². The molecule has 0 aliphatic rings. The lowest BCUT2D eigenvalue weighted by Crippen LogP contribution is -2.25. The molecule has 2 N–H and O–H groups in total. The van der Waals surface area contributed by atoms with Crippen LogP contribution in [0, 0.1) is 11.3 Å². The molecule has 1 rings (SSSR count). The Hall–Kier alpha value is -3.15. The molecule has 0 saturated heterocycles. The number of aliphatic imine (C=N–C) groups is 2. The summed E-state index contributed by atoms with van der Waals surface area (Å²) in [6, 6.07) is 3.16. The van der Waals surface area contributed by atoms with Crippen LogP contribution in [0.5, 0.6) is 5.75 Å². The van der Waals surface area contributed by atoms with Crippen LogP contribution in [0.25, 0.3) is 0 Å². The molecular weight excluding hydrogens is 310 g/mol. The molecule has 1 unspecified atom stereocenters. The van der Waals surface area contributed by atoms with Gasteiger partial charge in [-0.1, -0.05) is 0 Å². The topological polar surface area (TPSA) is 118 Å². The molecular formula is C15H21N7O2. The highest BCUT2D eigenvalue weighted by atomic mass is 16.5. The number of aromatic hydroxyl groups is 1. The maximum atomic E-state index is 9.72. The Kier molecular flexibility index (Phi) is 7.16. The number of methoxy groups -OCH3 is 1. The number of pyridine rings is 1. The van der Waals surface area contributed by atoms with E-state index in [1.165, 1.54) is 19.4 Å². The van der Waals surface area contributed by atoms with Crippen LogP contribution in [0.15, 0.2) is 27.3 Å². The molecule has 0 saturated carbocycles. The molecule has 0 aliphatic heterocycles. The fourth-order valence-electron chi connectivity index (χ4n) is 1.56. The number of nitriles is 1. The highest BCUT2D eigenvalue weighted by Crippen LogP contribution is 2.18. The van der Waals surface area contributed by atoms with E-state index in [1.807, 2.05) is 13.8 Å². The monoisotopic (exact) mass is 331 g/mol. The Morgan fingerprint density at radius 1 is 1.58 bits per heavy atom. The van der Waals surface area contributed by atoms with Gasteiger partial charge in [0.15, 0.2) is 17.3 Å². The van der Waals surface area contributed by atoms with Crippen LogP contribution < -0.4 is 5.32 Å². The predicted molar refractivity (Wildman–Crippen MR) is 93.2 cm³/mol. The predicted octanol–water partition coefficient (Wildman–Crippen LogP) is 1.78. The maximum Gasteiger partial charge on any atom is 0.227 e. The molecule has 0 spiro atoms. The summed E-state index contributed by atoms with van der Waals surface area (Å²) >= 11 is 0. The number of nitrogens with zero attached hydrogens (tertiary/aromatic N) is 6. The first kappa shape index (κ1) is 18.9. The highest BCUT2D eigenvalue weighted by Gasteiger charge is 2.09. The zero-order valence-electron chi connectivity index (χ0n) is 14.3. The molecule has 1 atom stereocenters. The van der Waals surface area contributed by atoms with Gasteiger partial charge >= 0.3 is 0 Å². The smallest absolute Gasteiger partial charge is 0.227 e. The number of ether oxygens (including phenoxy) is 1. The normalized spacial score (nSPS) is 13.5. The van der Waals surface area contributed by atoms with Gasteiger partial charge in [0.25, 0.3) is 0 Å². The summed E-state index contributed by atoms with van der Waals surface area (Å²) in [5.74, 6) is 0.432. The number of rotatable bonds is 4. The van der Waals surface area contributed by atoms with Crippen molar-refractivity contribution in [2.75, 3.05) is 19.5 Å². The molecule has 1 aromatic rings. The SMILES string of the molecule is C/C=N\N(C)C(C)/N=C(\N=C(/C)OC)Nc1cnc(C#N)c(O)c1. The molecule has 0 radical (unpaired) electrons. The Morgan fingerprint density at radius 3 is 2.83 bits per heavy atom. The summed E-state index contributed by atoms with van der Waals surface area (Å²) in [6.45, 7) is 5.34. The lowest BCUT2D eigenvalue weighted by molar-refractivity contribution is 0.280. The molecule has 0 aromatic carbocycles. The van der Waals surface area contributed by atoms with Gasteiger partial charge in [-0.15, -0.1) is 0 Å². The summed E-state index contributed by atoms with van der Waals surface area (Å²) in [7, 11) is 3.29. The van der Waals surface area contributed by atoms with Crippen molar-refractivity contribution in [1.29, 1.82) is 5.26 Å². The number of hydrazone groups is 1. The van der Waals surface area contributed by atoms with E-state index >= 15 is 0 Å². The van der Waals surface area contributed by atoms with Crippen molar-refractivity contribution in [3.05, 3.63) is 18.0 Å². The highest BCUT2D eigenvalue weighted by molar-refractivity contribution is 6.00. The van der Waals surface area contributed by atoms with Crippen molar-refractivity contribution in [2.45, 2.75) is 26.9 Å². The van der Waals surface area contributed by atoms with Crippen LogP contribution in [0.2, 0.25) is 0 Å². The van der Waals surface area contributed by atoms with E-state index in [2.05, 4.69) is 25.4 Å². The second-order valence-corrected chi connectivity index (χ2v) is 4.70. The third-order valence-electron chi connectivity index (χ3n) is 2.94. The van der Waals surface area contributed by atoms with Crippen LogP contribution in [0.4, 0.5) is 5.69 Å². The van der Waals surface area contributed by atoms with Crippen molar-refractivity contribution in [3.63, 3.8) is 0 Å². The van der Waals surface area contributed by atoms with Gasteiger partial charge in [0.05, 0.1) is 19.0 Å². The van der Waals surface area contributed by atoms with Crippen LogP contribution in [-0.4, -0.2) is 53.5 Å². The van der Waals surface area contributed by atoms with Crippen molar-refractivity contribution < 1.29 is 9.84 Å². The second kappa shape index (κ2) is 9.09. The molecule has 1 aromatic heterocycles. The molecule has 128 valence electrons. The molecule has 0 amide bonds. The minimum atomic E-state index is -0.294. The largest absolute Gasteiger partial charge is 0.505 e. The fourth-order valence-corrected chi connectivity index (χ4v) is 1.56. The van der Waals surface area contributed by atoms with Gasteiger partial charge in [0.2, 0.25) is 5.96 Å². The first-order chi connectivity index (χ1) is 11.4. The summed E-state index contributed by atoms with van der Waals surface area (Å²) in [5, 5.41) is 27.2. The fraction of sp³-hybridized carbons (Fsp3) is 0.400. The third kappa shape index (κ3) is 5.57. The Balaban J connectivity index is 3.11. The quantitative estimate of drug-likeness (QED) is 0.493. The number of anilines is 1. The molecule has 24 heavy (non-hydrogen) atoms. The number of nitrogens with one attached hydrogen (secondary N) is 1. The number of guanidine groups is 1. The van der Waals surface area contributed by atoms with Gasteiger partial charge in [-0.25, -0.2) is 9.98 Å². The van der Waals surface area contributed by atoms with E-state index in [9.17, 15) is 5.11 Å². The van der Waals surface area contributed by atoms with E-state index in [0.717, 1.165) is 0 Å². The molecule has 0 bridgehead atoms. The lowest BCUT2D eigenvalue weighted by Gasteiger charge is -2.18. The average molecular weight is 331 g/mol. The first-order valence-electron chi connectivity index (χ1n) is 7.15. The molecule has 9 nitrogen and oxygen atoms in total. The Bertz CT molecular complexity index is 692. The zero-order valence-corrected chi connectivity index (χ0v) is 14.3. The standard InChI is InChI=1S/C15H21N7O2/c1-6-18-22(4)10(2)19-15(20-11(3)24-5)21-12-7-14(23)13(8-16)17-9-12/h6-7,9-10,23H,1-5H3,(H,19,21)/b18-6-,20-11+. The van der Waals surface area contributed by atoms with Gasteiger partial charge in [0, 0.05) is 26.3 Å². The summed E-state index contributed by atoms with van der Waals surface area (Å²) in [5.41, 5.74) is 0.382. The van der Waals surface area contributed by atoms with Gasteiger partial charge in [-0.2, -0.15) is 15.4 Å². The van der Waals surface area contributed by atoms with E-state index < -0.39 is 0 Å². The van der Waals surface area contributed by atoms with Gasteiger partial charge in [0.1, 0.15) is 12.2 Å². The van der Waals surface area contributed by atoms with E-state index in [1.54, 1.807) is 31.3 Å². The minimum Gasteiger partial charge on any atom is -0.505 e. The Labute approximate surface area is 141 Å². The number of hydrogen-bond acceptors (Lipinski definition) is 7. The molecule has 9 heteroatoms. The van der Waals surface area contributed by atoms with Crippen LogP contribution >= 0.6 is 0 Å². The van der Waals surface area contributed by atoms with Crippen molar-refractivity contribution in [2.24, 2.45) is 15.1 Å². The first-order valence-corrected chi connectivity index (χ1v) is 7.15. The van der Waals surface area contributed by atoms with Crippen molar-refractivity contribution in [3.8, 4) is 11.8 Å². The van der Waals surface area contributed by atoms with Gasteiger partial charge < -0.3 is 15.2 Å². The summed E-state index contributed by atoms with van der Waals surface area (Å²) in [4.78, 5) is 12.5. The summed E-state index contributed by atoms with van der Waals surface area (Å²) < 4.78 is 5.05. The van der Waals surface area contributed by atoms with Crippen molar-refractivity contribution in [1.82, 2.24) is 9.99 Å². The number of aromatic nitrogens is 1. The number of hydrogen-bond donors (Lipinski definition) is 2. The van der Waals surface area contributed by atoms with Crippen LogP contribution in [0.1, 0.15) is 26.5 Å². The minimum absolute atomic E-state index is 0.0546. The van der Waals surface area contributed by atoms with E-state index in [0.29, 0.717) is 11.6 Å². The third-order valence-corrected chi connectivity index (χ3v) is 2.94. The van der Waals surface area contributed by atoms with Crippen molar-refractivity contribution >= 4 is 23.8 Å². The van der Waals surface area contributed by atoms with E-state index in [4.69, 9.17) is 10.00 Å². The maximum absolute atomic E-state index is 9.72. The van der Waals surface area contributed by atoms with E-state index in [-0.39, 0.29) is 23.6 Å². The lowest BCUT2D eigenvalue weighted by atomic mass is 10.3.